The van der Waals surface area contributed by atoms with E-state index in [0.717, 1.165) is 64.2 Å². The molecule has 0 atom stereocenters. The molecule has 0 amide bonds. The summed E-state index contributed by atoms with van der Waals surface area (Å²) in [5.41, 5.74) is 1.18. The average Bonchev–Trinajstić information content (AvgIpc) is 2.69. The number of halogens is 1. The van der Waals surface area contributed by atoms with Crippen molar-refractivity contribution < 1.29 is 4.74 Å². The monoisotopic (exact) mass is 490 g/mol. The zero-order valence-electron chi connectivity index (χ0n) is 16.9. The van der Waals surface area contributed by atoms with Gasteiger partial charge in [0.1, 0.15) is 5.82 Å². The van der Waals surface area contributed by atoms with Crippen molar-refractivity contribution in [1.82, 2.24) is 20.5 Å². The summed E-state index contributed by atoms with van der Waals surface area (Å²) >= 11 is 0. The van der Waals surface area contributed by atoms with Gasteiger partial charge in [0.15, 0.2) is 5.96 Å². The van der Waals surface area contributed by atoms with Crippen LogP contribution in [0.25, 0.3) is 0 Å². The topological polar surface area (TPSA) is 65.0 Å². The predicted molar refractivity (Wildman–Crippen MR) is 123 cm³/mol. The van der Waals surface area contributed by atoms with Crippen LogP contribution in [0.5, 0.6) is 0 Å². The molecule has 0 unspecified atom stereocenters. The zero-order valence-corrected chi connectivity index (χ0v) is 19.2. The minimum atomic E-state index is 0. The van der Waals surface area contributed by atoms with Crippen molar-refractivity contribution in [3.63, 3.8) is 0 Å². The molecule has 7 nitrogen and oxygen atoms in total. The molecule has 2 N–H and O–H groups in total. The fourth-order valence-electron chi connectivity index (χ4n) is 2.92. The minimum Gasteiger partial charge on any atom is -0.380 e. The highest BCUT2D eigenvalue weighted by Gasteiger charge is 2.16. The van der Waals surface area contributed by atoms with Crippen LogP contribution >= 0.6 is 24.0 Å². The molecule has 154 valence electrons. The van der Waals surface area contributed by atoms with Crippen LogP contribution in [0, 0.1) is 0 Å². The maximum atomic E-state index is 5.36. The highest BCUT2D eigenvalue weighted by Crippen LogP contribution is 2.15. The van der Waals surface area contributed by atoms with Crippen LogP contribution in [0.15, 0.2) is 23.3 Å². The average molecular weight is 490 g/mol. The van der Waals surface area contributed by atoms with E-state index >= 15 is 0 Å². The summed E-state index contributed by atoms with van der Waals surface area (Å²) in [5.74, 6) is 1.88. The Bertz CT molecular complexity index is 549. The summed E-state index contributed by atoms with van der Waals surface area (Å²) in [6.07, 6.45) is 1.89. The smallest absolute Gasteiger partial charge is 0.191 e. The molecule has 2 rings (SSSR count). The number of piperazine rings is 1. The van der Waals surface area contributed by atoms with Gasteiger partial charge in [0.05, 0.1) is 13.2 Å². The van der Waals surface area contributed by atoms with E-state index in [1.807, 2.05) is 19.2 Å². The van der Waals surface area contributed by atoms with E-state index < -0.39 is 0 Å². The highest BCUT2D eigenvalue weighted by molar-refractivity contribution is 14.0. The van der Waals surface area contributed by atoms with Crippen molar-refractivity contribution in [2.24, 2.45) is 4.99 Å². The van der Waals surface area contributed by atoms with Crippen LogP contribution in [-0.4, -0.2) is 74.9 Å². The number of aromatic nitrogens is 1. The number of guanidine groups is 1. The van der Waals surface area contributed by atoms with Gasteiger partial charge in [0.2, 0.25) is 0 Å². The molecule has 0 aromatic carbocycles. The number of aliphatic imine (C=N–C) groups is 1. The lowest BCUT2D eigenvalue weighted by Gasteiger charge is -2.34. The molecule has 2 heterocycles. The molecule has 0 aliphatic carbocycles. The molecule has 0 bridgehead atoms. The van der Waals surface area contributed by atoms with Crippen molar-refractivity contribution in [2.45, 2.75) is 27.3 Å². The van der Waals surface area contributed by atoms with Crippen molar-refractivity contribution in [3.05, 3.63) is 23.9 Å². The van der Waals surface area contributed by atoms with E-state index in [0.29, 0.717) is 13.2 Å². The van der Waals surface area contributed by atoms with Crippen molar-refractivity contribution in [2.75, 3.05) is 63.9 Å². The van der Waals surface area contributed by atoms with E-state index in [1.54, 1.807) is 0 Å². The van der Waals surface area contributed by atoms with Crippen LogP contribution in [0.2, 0.25) is 0 Å². The van der Waals surface area contributed by atoms with Gasteiger partial charge in [-0.25, -0.2) is 9.98 Å². The lowest BCUT2D eigenvalue weighted by molar-refractivity contribution is 0.152. The Kier molecular flexibility index (Phi) is 12.4. The molecule has 1 aliphatic heterocycles. The van der Waals surface area contributed by atoms with E-state index in [9.17, 15) is 0 Å². The molecule has 0 saturated carbocycles. The first-order valence-corrected chi connectivity index (χ1v) is 9.79. The molecular formula is C19H35IN6O. The third kappa shape index (κ3) is 8.61. The molecule has 8 heteroatoms. The molecule has 0 spiro atoms. The molecule has 1 aliphatic rings. The van der Waals surface area contributed by atoms with Gasteiger partial charge >= 0.3 is 0 Å². The molecule has 1 fully saturated rings. The van der Waals surface area contributed by atoms with E-state index in [1.165, 1.54) is 5.56 Å². The van der Waals surface area contributed by atoms with Gasteiger partial charge in [0, 0.05) is 52.1 Å². The number of rotatable bonds is 9. The lowest BCUT2D eigenvalue weighted by Crippen LogP contribution is -2.46. The molecule has 1 aromatic rings. The van der Waals surface area contributed by atoms with E-state index in [2.05, 4.69) is 50.3 Å². The van der Waals surface area contributed by atoms with Crippen LogP contribution in [-0.2, 0) is 11.3 Å². The largest absolute Gasteiger partial charge is 0.380 e. The second-order valence-electron chi connectivity index (χ2n) is 6.26. The van der Waals surface area contributed by atoms with Gasteiger partial charge in [-0.05, 0) is 38.1 Å². The van der Waals surface area contributed by atoms with Crippen LogP contribution < -0.4 is 15.5 Å². The van der Waals surface area contributed by atoms with Crippen molar-refractivity contribution >= 4 is 35.8 Å². The second-order valence-corrected chi connectivity index (χ2v) is 6.26. The first kappa shape index (κ1) is 23.9. The molecule has 27 heavy (non-hydrogen) atoms. The molecule has 1 saturated heterocycles. The quantitative estimate of drug-likeness (QED) is 0.239. The number of hydrogen-bond donors (Lipinski definition) is 2. The Hall–Kier alpha value is -1.13. The van der Waals surface area contributed by atoms with Gasteiger partial charge in [-0.3, -0.25) is 0 Å². The summed E-state index contributed by atoms with van der Waals surface area (Å²) in [6, 6.07) is 4.20. The normalized spacial score (nSPS) is 15.4. The number of hydrogen-bond acceptors (Lipinski definition) is 5. The fraction of sp³-hybridized carbons (Fsp3) is 0.684. The summed E-state index contributed by atoms with van der Waals surface area (Å²) in [5, 5.41) is 6.57. The van der Waals surface area contributed by atoms with Crippen LogP contribution in [0.4, 0.5) is 5.82 Å². The Balaban J connectivity index is 0.00000364. The van der Waals surface area contributed by atoms with Crippen molar-refractivity contribution in [1.29, 1.82) is 0 Å². The standard InChI is InChI=1S/C19H34N6O.HI/c1-4-20-19(22-9-14-26-6-3)23-16-17-7-8-21-18(15-17)25-12-10-24(5-2)11-13-25;/h7-8,15H,4-6,9-14,16H2,1-3H3,(H2,20,22,23);1H. The fourth-order valence-corrected chi connectivity index (χ4v) is 2.92. The van der Waals surface area contributed by atoms with Gasteiger partial charge in [0.25, 0.3) is 0 Å². The lowest BCUT2D eigenvalue weighted by atomic mass is 10.2. The third-order valence-corrected chi connectivity index (χ3v) is 4.46. The van der Waals surface area contributed by atoms with Gasteiger partial charge in [-0.2, -0.15) is 0 Å². The third-order valence-electron chi connectivity index (χ3n) is 4.46. The van der Waals surface area contributed by atoms with E-state index in [-0.39, 0.29) is 24.0 Å². The number of likely N-dealkylation sites (N-methyl/N-ethyl adjacent to an activating group) is 1. The van der Waals surface area contributed by atoms with Gasteiger partial charge in [-0.15, -0.1) is 24.0 Å². The minimum absolute atomic E-state index is 0. The molecular weight excluding hydrogens is 455 g/mol. The number of pyridine rings is 1. The van der Waals surface area contributed by atoms with E-state index in [4.69, 9.17) is 4.74 Å². The van der Waals surface area contributed by atoms with Crippen LogP contribution in [0.1, 0.15) is 26.3 Å². The predicted octanol–water partition coefficient (Wildman–Crippen LogP) is 1.93. The first-order valence-electron chi connectivity index (χ1n) is 9.79. The maximum Gasteiger partial charge on any atom is 0.191 e. The summed E-state index contributed by atoms with van der Waals surface area (Å²) < 4.78 is 5.36. The summed E-state index contributed by atoms with van der Waals surface area (Å²) in [7, 11) is 0. The Morgan fingerprint density at radius 1 is 1.19 bits per heavy atom. The second kappa shape index (κ2) is 14.0. The Labute approximate surface area is 181 Å². The first-order chi connectivity index (χ1) is 12.8. The number of nitrogens with zero attached hydrogens (tertiary/aromatic N) is 4. The zero-order chi connectivity index (χ0) is 18.6. The Morgan fingerprint density at radius 3 is 2.63 bits per heavy atom. The summed E-state index contributed by atoms with van der Waals surface area (Å²) in [4.78, 5) is 14.1. The van der Waals surface area contributed by atoms with Crippen LogP contribution in [0.3, 0.4) is 0 Å². The van der Waals surface area contributed by atoms with Crippen molar-refractivity contribution in [3.8, 4) is 0 Å². The Morgan fingerprint density at radius 2 is 1.96 bits per heavy atom. The highest BCUT2D eigenvalue weighted by atomic mass is 127. The van der Waals surface area contributed by atoms with Gasteiger partial charge < -0.3 is 25.2 Å². The summed E-state index contributed by atoms with van der Waals surface area (Å²) in [6.45, 7) is 15.3. The maximum absolute atomic E-state index is 5.36. The SMILES string of the molecule is CCNC(=NCc1ccnc(N2CCN(CC)CC2)c1)NCCOCC.I. The number of nitrogens with one attached hydrogen (secondary N) is 2. The van der Waals surface area contributed by atoms with Gasteiger partial charge in [-0.1, -0.05) is 6.92 Å². The number of ether oxygens (including phenoxy) is 1. The molecule has 0 radical (unpaired) electrons. The number of anilines is 1. The molecule has 1 aromatic heterocycles.